The molecule has 1 heterocycles. The third-order valence-corrected chi connectivity index (χ3v) is 6.51. The predicted molar refractivity (Wildman–Crippen MR) is 143 cm³/mol. The largest absolute Gasteiger partial charge is 0.493 e. The van der Waals surface area contributed by atoms with Gasteiger partial charge >= 0.3 is 0 Å². The number of rotatable bonds is 7. The molecule has 5 nitrogen and oxygen atoms in total. The van der Waals surface area contributed by atoms with Crippen molar-refractivity contribution in [3.05, 3.63) is 102 Å². The smallest absolute Gasteiger partial charge is 0.168 e. The number of pyridine rings is 1. The highest BCUT2D eigenvalue weighted by atomic mass is 19.1. The zero-order valence-electron chi connectivity index (χ0n) is 20.5. The van der Waals surface area contributed by atoms with Crippen LogP contribution < -0.4 is 9.47 Å². The summed E-state index contributed by atoms with van der Waals surface area (Å²) in [5.74, 6) is 0.905. The van der Waals surface area contributed by atoms with E-state index in [-0.39, 0.29) is 19.0 Å². The summed E-state index contributed by atoms with van der Waals surface area (Å²) in [6.07, 6.45) is 1.78. The molecule has 2 N–H and O–H groups in total. The Bertz CT molecular complexity index is 1580. The Kier molecular flexibility index (Phi) is 6.86. The Morgan fingerprint density at radius 1 is 0.703 bits per heavy atom. The molecule has 0 saturated carbocycles. The van der Waals surface area contributed by atoms with Crippen LogP contribution in [0.2, 0.25) is 0 Å². The molecule has 0 spiro atoms. The Balaban J connectivity index is 1.65. The van der Waals surface area contributed by atoms with E-state index in [4.69, 9.17) is 9.47 Å². The van der Waals surface area contributed by atoms with E-state index in [0.717, 1.165) is 44.3 Å². The first-order valence-corrected chi connectivity index (χ1v) is 11.8. The molecule has 0 atom stereocenters. The number of hydrogen-bond acceptors (Lipinski definition) is 5. The van der Waals surface area contributed by atoms with Crippen molar-refractivity contribution in [2.24, 2.45) is 0 Å². The van der Waals surface area contributed by atoms with Crippen LogP contribution in [0.25, 0.3) is 44.3 Å². The van der Waals surface area contributed by atoms with Crippen LogP contribution in [0.3, 0.4) is 0 Å². The molecule has 0 unspecified atom stereocenters. The topological polar surface area (TPSA) is 71.8 Å². The molecule has 0 fully saturated rings. The Morgan fingerprint density at radius 2 is 1.43 bits per heavy atom. The number of aliphatic hydroxyl groups is 2. The van der Waals surface area contributed by atoms with Gasteiger partial charge < -0.3 is 19.7 Å². The highest BCUT2D eigenvalue weighted by Gasteiger charge is 2.17. The molecule has 0 radical (unpaired) electrons. The Labute approximate surface area is 214 Å². The maximum atomic E-state index is 13.5. The second kappa shape index (κ2) is 10.4. The van der Waals surface area contributed by atoms with Gasteiger partial charge in [0.15, 0.2) is 11.5 Å². The summed E-state index contributed by atoms with van der Waals surface area (Å²) in [6, 6.07) is 24.0. The molecule has 0 aliphatic rings. The SMILES string of the molecule is COc1cc(-c2cnc3cc(CO)c(CO)cc3c2)cc(-c2cccc(-c3ccc(F)cc3)c2)c1OC. The summed E-state index contributed by atoms with van der Waals surface area (Å²) in [5.41, 5.74) is 7.42. The lowest BCUT2D eigenvalue weighted by Gasteiger charge is -2.17. The Hall–Kier alpha value is -4.26. The lowest BCUT2D eigenvalue weighted by atomic mass is 9.94. The molecule has 0 aliphatic carbocycles. The minimum absolute atomic E-state index is 0.161. The van der Waals surface area contributed by atoms with Gasteiger partial charge in [0.25, 0.3) is 0 Å². The maximum Gasteiger partial charge on any atom is 0.168 e. The summed E-state index contributed by atoms with van der Waals surface area (Å²) in [6.45, 7) is -0.327. The van der Waals surface area contributed by atoms with Crippen LogP contribution in [0.4, 0.5) is 4.39 Å². The van der Waals surface area contributed by atoms with E-state index in [9.17, 15) is 14.6 Å². The number of aliphatic hydroxyl groups excluding tert-OH is 2. The van der Waals surface area contributed by atoms with Crippen LogP contribution in [0.5, 0.6) is 11.5 Å². The van der Waals surface area contributed by atoms with Gasteiger partial charge in [-0.2, -0.15) is 0 Å². The molecular weight excluding hydrogens is 469 g/mol. The van der Waals surface area contributed by atoms with E-state index in [1.54, 1.807) is 38.6 Å². The van der Waals surface area contributed by atoms with Crippen molar-refractivity contribution in [1.29, 1.82) is 0 Å². The Morgan fingerprint density at radius 3 is 2.14 bits per heavy atom. The van der Waals surface area contributed by atoms with Gasteiger partial charge in [-0.25, -0.2) is 4.39 Å². The van der Waals surface area contributed by atoms with E-state index >= 15 is 0 Å². The summed E-state index contributed by atoms with van der Waals surface area (Å²) < 4.78 is 24.9. The highest BCUT2D eigenvalue weighted by molar-refractivity contribution is 5.88. The monoisotopic (exact) mass is 495 g/mol. The van der Waals surface area contributed by atoms with Crippen LogP contribution in [0, 0.1) is 5.82 Å². The minimum Gasteiger partial charge on any atom is -0.493 e. The molecule has 0 amide bonds. The van der Waals surface area contributed by atoms with Crippen molar-refractivity contribution in [2.45, 2.75) is 13.2 Å². The third-order valence-electron chi connectivity index (χ3n) is 6.51. The molecule has 5 aromatic rings. The number of benzene rings is 4. The van der Waals surface area contributed by atoms with Gasteiger partial charge in [0.05, 0.1) is 33.0 Å². The summed E-state index contributed by atoms with van der Waals surface area (Å²) in [4.78, 5) is 4.61. The highest BCUT2D eigenvalue weighted by Crippen LogP contribution is 2.43. The van der Waals surface area contributed by atoms with Crippen molar-refractivity contribution < 1.29 is 24.1 Å². The van der Waals surface area contributed by atoms with Crippen molar-refractivity contribution in [2.75, 3.05) is 14.2 Å². The van der Waals surface area contributed by atoms with Gasteiger partial charge in [-0.1, -0.05) is 30.3 Å². The van der Waals surface area contributed by atoms with Crippen LogP contribution in [0.15, 0.2) is 85.1 Å². The molecule has 0 saturated heterocycles. The minimum atomic E-state index is -0.276. The number of hydrogen-bond donors (Lipinski definition) is 2. The molecule has 6 heteroatoms. The first-order chi connectivity index (χ1) is 18.0. The summed E-state index contributed by atoms with van der Waals surface area (Å²) in [7, 11) is 3.21. The predicted octanol–water partition coefficient (Wildman–Crippen LogP) is 6.38. The summed E-state index contributed by atoms with van der Waals surface area (Å²) >= 11 is 0. The lowest BCUT2D eigenvalue weighted by Crippen LogP contribution is -1.97. The maximum absolute atomic E-state index is 13.5. The van der Waals surface area contributed by atoms with Gasteiger partial charge in [0.2, 0.25) is 0 Å². The number of nitrogens with zero attached hydrogens (tertiary/aromatic N) is 1. The number of ether oxygens (including phenoxy) is 2. The first kappa shape index (κ1) is 24.4. The third kappa shape index (κ3) is 4.77. The molecule has 0 bridgehead atoms. The van der Waals surface area contributed by atoms with Gasteiger partial charge in [-0.15, -0.1) is 0 Å². The zero-order chi connectivity index (χ0) is 25.9. The average Bonchev–Trinajstić information content (AvgIpc) is 2.95. The van der Waals surface area contributed by atoms with Gasteiger partial charge in [0.1, 0.15) is 5.82 Å². The second-order valence-corrected chi connectivity index (χ2v) is 8.70. The summed E-state index contributed by atoms with van der Waals surface area (Å²) in [5, 5.41) is 20.2. The normalized spacial score (nSPS) is 11.1. The second-order valence-electron chi connectivity index (χ2n) is 8.70. The van der Waals surface area contributed by atoms with Crippen molar-refractivity contribution >= 4 is 10.9 Å². The molecule has 5 rings (SSSR count). The van der Waals surface area contributed by atoms with Crippen LogP contribution in [0.1, 0.15) is 11.1 Å². The fraction of sp³-hybridized carbons (Fsp3) is 0.129. The molecular formula is C31H26FNO4. The first-order valence-electron chi connectivity index (χ1n) is 11.8. The van der Waals surface area contributed by atoms with Crippen molar-refractivity contribution in [1.82, 2.24) is 4.98 Å². The van der Waals surface area contributed by atoms with E-state index in [0.29, 0.717) is 22.6 Å². The van der Waals surface area contributed by atoms with Crippen LogP contribution in [-0.2, 0) is 13.2 Å². The van der Waals surface area contributed by atoms with Gasteiger partial charge in [0, 0.05) is 22.7 Å². The van der Waals surface area contributed by atoms with Crippen molar-refractivity contribution in [3.63, 3.8) is 0 Å². The van der Waals surface area contributed by atoms with E-state index < -0.39 is 0 Å². The zero-order valence-corrected chi connectivity index (χ0v) is 20.5. The lowest BCUT2D eigenvalue weighted by molar-refractivity contribution is 0.260. The molecule has 186 valence electrons. The number of halogens is 1. The average molecular weight is 496 g/mol. The number of aromatic nitrogens is 1. The van der Waals surface area contributed by atoms with Crippen molar-refractivity contribution in [3.8, 4) is 44.9 Å². The van der Waals surface area contributed by atoms with E-state index in [1.807, 2.05) is 48.5 Å². The van der Waals surface area contributed by atoms with Crippen LogP contribution >= 0.6 is 0 Å². The van der Waals surface area contributed by atoms with E-state index in [2.05, 4.69) is 4.98 Å². The fourth-order valence-electron chi connectivity index (χ4n) is 4.57. The van der Waals surface area contributed by atoms with Gasteiger partial charge in [-0.05, 0) is 81.9 Å². The van der Waals surface area contributed by atoms with Gasteiger partial charge in [-0.3, -0.25) is 4.98 Å². The number of fused-ring (bicyclic) bond motifs is 1. The standard InChI is InChI=1S/C31H26FNO4/c1-36-30-15-22(24-11-23-12-25(17-34)26(18-35)14-29(23)33-16-24)13-28(31(30)37-2)21-5-3-4-20(10-21)19-6-8-27(32)9-7-19/h3-16,34-35H,17-18H2,1-2H3. The fourth-order valence-corrected chi connectivity index (χ4v) is 4.57. The molecule has 37 heavy (non-hydrogen) atoms. The van der Waals surface area contributed by atoms with Crippen LogP contribution in [-0.4, -0.2) is 29.4 Å². The molecule has 1 aromatic heterocycles. The molecule has 0 aliphatic heterocycles. The number of methoxy groups -OCH3 is 2. The quantitative estimate of drug-likeness (QED) is 0.274. The van der Waals surface area contributed by atoms with E-state index in [1.165, 1.54) is 12.1 Å². The molecule has 4 aromatic carbocycles.